The first-order valence-electron chi connectivity index (χ1n) is 5.40. The predicted molar refractivity (Wildman–Crippen MR) is 75.7 cm³/mol. The lowest BCUT2D eigenvalue weighted by molar-refractivity contribution is 0.589. The van der Waals surface area contributed by atoms with Crippen molar-refractivity contribution in [2.45, 2.75) is 32.7 Å². The highest BCUT2D eigenvalue weighted by Crippen LogP contribution is 2.21. The Morgan fingerprint density at radius 2 is 1.73 bits per heavy atom. The van der Waals surface area contributed by atoms with Crippen LogP contribution in [0, 0.1) is 0 Å². The molecule has 1 rings (SSSR count). The first-order valence-corrected chi connectivity index (χ1v) is 6.92. The molecule has 0 amide bonds. The van der Waals surface area contributed by atoms with Crippen LogP contribution in [0.2, 0.25) is 0 Å². The molecule has 84 valence electrons. The number of halogens is 1. The monoisotopic (exact) mass is 317 g/mol. The van der Waals surface area contributed by atoms with Crippen molar-refractivity contribution < 1.29 is 0 Å². The van der Waals surface area contributed by atoms with Crippen molar-refractivity contribution in [2.75, 3.05) is 11.0 Å². The van der Waals surface area contributed by atoms with Crippen molar-refractivity contribution >= 4 is 22.6 Å². The van der Waals surface area contributed by atoms with Crippen LogP contribution in [0.3, 0.4) is 0 Å². The molecule has 0 spiro atoms. The van der Waals surface area contributed by atoms with Crippen molar-refractivity contribution in [3.63, 3.8) is 0 Å². The van der Waals surface area contributed by atoms with Gasteiger partial charge in [0.15, 0.2) is 0 Å². The molecule has 1 aromatic rings. The van der Waals surface area contributed by atoms with Gasteiger partial charge in [-0.2, -0.15) is 0 Å². The summed E-state index contributed by atoms with van der Waals surface area (Å²) in [5, 5.41) is 3.40. The Bertz CT molecular complexity index is 284. The minimum absolute atomic E-state index is 0.258. The Labute approximate surface area is 107 Å². The van der Waals surface area contributed by atoms with Gasteiger partial charge in [0.2, 0.25) is 0 Å². The van der Waals surface area contributed by atoms with E-state index in [9.17, 15) is 0 Å². The molecule has 1 N–H and O–H groups in total. The minimum atomic E-state index is 0.258. The molecule has 0 atom stereocenters. The van der Waals surface area contributed by atoms with Gasteiger partial charge in [-0.3, -0.25) is 0 Å². The molecule has 0 aliphatic heterocycles. The summed E-state index contributed by atoms with van der Waals surface area (Å²) >= 11 is 2.38. The fourth-order valence-electron chi connectivity index (χ4n) is 1.42. The van der Waals surface area contributed by atoms with E-state index in [1.165, 1.54) is 11.1 Å². The predicted octanol–water partition coefficient (Wildman–Crippen LogP) is 3.51. The van der Waals surface area contributed by atoms with Gasteiger partial charge in [-0.05, 0) is 16.5 Å². The van der Waals surface area contributed by atoms with Crippen LogP contribution in [0.15, 0.2) is 24.3 Å². The lowest BCUT2D eigenvalue weighted by Gasteiger charge is -2.19. The molecular formula is C13H20IN. The van der Waals surface area contributed by atoms with Crippen molar-refractivity contribution in [3.8, 4) is 0 Å². The highest BCUT2D eigenvalue weighted by atomic mass is 127. The van der Waals surface area contributed by atoms with Gasteiger partial charge in [-0.15, -0.1) is 0 Å². The molecule has 15 heavy (non-hydrogen) atoms. The van der Waals surface area contributed by atoms with Crippen LogP contribution in [0.25, 0.3) is 0 Å². The zero-order valence-electron chi connectivity index (χ0n) is 9.81. The van der Waals surface area contributed by atoms with Crippen LogP contribution in [-0.2, 0) is 12.0 Å². The molecule has 0 unspecified atom stereocenters. The lowest BCUT2D eigenvalue weighted by atomic mass is 9.87. The largest absolute Gasteiger partial charge is 0.312 e. The summed E-state index contributed by atoms with van der Waals surface area (Å²) < 4.78 is 1.16. The summed E-state index contributed by atoms with van der Waals surface area (Å²) in [5.41, 5.74) is 3.03. The molecule has 0 heterocycles. The van der Waals surface area contributed by atoms with Gasteiger partial charge in [0.05, 0.1) is 0 Å². The quantitative estimate of drug-likeness (QED) is 0.509. The van der Waals surface area contributed by atoms with E-state index < -0.39 is 0 Å². The van der Waals surface area contributed by atoms with E-state index >= 15 is 0 Å². The molecule has 1 aromatic carbocycles. The standard InChI is InChI=1S/C13H20IN/c1-13(2,3)12-6-4-11(5-7-12)10-15-9-8-14/h4-7,15H,8-10H2,1-3H3. The van der Waals surface area contributed by atoms with Crippen molar-refractivity contribution in [1.29, 1.82) is 0 Å². The van der Waals surface area contributed by atoms with E-state index in [0.717, 1.165) is 17.5 Å². The average Bonchev–Trinajstić information content (AvgIpc) is 2.18. The SMILES string of the molecule is CC(C)(C)c1ccc(CNCCI)cc1. The van der Waals surface area contributed by atoms with Gasteiger partial charge >= 0.3 is 0 Å². The van der Waals surface area contributed by atoms with Gasteiger partial charge in [0, 0.05) is 17.5 Å². The normalized spacial score (nSPS) is 11.7. The fourth-order valence-corrected chi connectivity index (χ4v) is 1.80. The minimum Gasteiger partial charge on any atom is -0.312 e. The third-order valence-corrected chi connectivity index (χ3v) is 2.96. The topological polar surface area (TPSA) is 12.0 Å². The number of benzene rings is 1. The summed E-state index contributed by atoms with van der Waals surface area (Å²) in [4.78, 5) is 0. The molecule has 0 aliphatic rings. The summed E-state index contributed by atoms with van der Waals surface area (Å²) in [5.74, 6) is 0. The van der Waals surface area contributed by atoms with Crippen LogP contribution in [0.1, 0.15) is 31.9 Å². The van der Waals surface area contributed by atoms with Gasteiger partial charge in [0.1, 0.15) is 0 Å². The van der Waals surface area contributed by atoms with E-state index in [0.29, 0.717) is 0 Å². The number of rotatable bonds is 4. The molecular weight excluding hydrogens is 297 g/mol. The highest BCUT2D eigenvalue weighted by Gasteiger charge is 2.12. The second-order valence-corrected chi connectivity index (χ2v) is 5.89. The van der Waals surface area contributed by atoms with E-state index in [4.69, 9.17) is 0 Å². The first-order chi connectivity index (χ1) is 7.04. The molecule has 0 fully saturated rings. The maximum absolute atomic E-state index is 3.40. The highest BCUT2D eigenvalue weighted by molar-refractivity contribution is 14.1. The number of alkyl halides is 1. The summed E-state index contributed by atoms with van der Waals surface area (Å²) in [6.07, 6.45) is 0. The maximum atomic E-state index is 3.40. The molecule has 2 heteroatoms. The molecule has 1 nitrogen and oxygen atoms in total. The van der Waals surface area contributed by atoms with Gasteiger partial charge in [-0.25, -0.2) is 0 Å². The molecule has 0 radical (unpaired) electrons. The Morgan fingerprint density at radius 1 is 1.13 bits per heavy atom. The number of hydrogen-bond donors (Lipinski definition) is 1. The van der Waals surface area contributed by atoms with Crippen molar-refractivity contribution in [3.05, 3.63) is 35.4 Å². The van der Waals surface area contributed by atoms with Crippen LogP contribution < -0.4 is 5.32 Å². The smallest absolute Gasteiger partial charge is 0.0205 e. The Kier molecular flexibility index (Phi) is 5.06. The van der Waals surface area contributed by atoms with Gasteiger partial charge in [0.25, 0.3) is 0 Å². The third-order valence-electron chi connectivity index (χ3n) is 2.42. The summed E-state index contributed by atoms with van der Waals surface area (Å²) in [6, 6.07) is 8.92. The summed E-state index contributed by atoms with van der Waals surface area (Å²) in [7, 11) is 0. The van der Waals surface area contributed by atoms with Crippen molar-refractivity contribution in [1.82, 2.24) is 5.32 Å². The Morgan fingerprint density at radius 3 is 2.20 bits per heavy atom. The van der Waals surface area contributed by atoms with Crippen molar-refractivity contribution in [2.24, 2.45) is 0 Å². The van der Waals surface area contributed by atoms with E-state index in [-0.39, 0.29) is 5.41 Å². The Balaban J connectivity index is 2.57. The van der Waals surface area contributed by atoms with Crippen LogP contribution in [0.4, 0.5) is 0 Å². The van der Waals surface area contributed by atoms with Crippen LogP contribution in [0.5, 0.6) is 0 Å². The van der Waals surface area contributed by atoms with E-state index in [1.807, 2.05) is 0 Å². The molecule has 0 saturated carbocycles. The second-order valence-electron chi connectivity index (χ2n) is 4.81. The zero-order valence-corrected chi connectivity index (χ0v) is 12.0. The first kappa shape index (κ1) is 13.0. The second kappa shape index (κ2) is 5.85. The molecule has 0 bridgehead atoms. The molecule has 0 saturated heterocycles. The van der Waals surface area contributed by atoms with Gasteiger partial charge < -0.3 is 5.32 Å². The Hall–Kier alpha value is -0.0900. The van der Waals surface area contributed by atoms with Gasteiger partial charge in [-0.1, -0.05) is 67.6 Å². The lowest BCUT2D eigenvalue weighted by Crippen LogP contribution is -2.16. The number of hydrogen-bond acceptors (Lipinski definition) is 1. The average molecular weight is 317 g/mol. The maximum Gasteiger partial charge on any atom is 0.0205 e. The zero-order chi connectivity index (χ0) is 11.3. The molecule has 0 aliphatic carbocycles. The summed E-state index contributed by atoms with van der Waals surface area (Å²) in [6.45, 7) is 8.80. The van der Waals surface area contributed by atoms with E-state index in [1.54, 1.807) is 0 Å². The van der Waals surface area contributed by atoms with Crippen LogP contribution >= 0.6 is 22.6 Å². The number of nitrogens with one attached hydrogen (secondary N) is 1. The molecule has 0 aromatic heterocycles. The fraction of sp³-hybridized carbons (Fsp3) is 0.538. The van der Waals surface area contributed by atoms with Crippen LogP contribution in [-0.4, -0.2) is 11.0 Å². The van der Waals surface area contributed by atoms with E-state index in [2.05, 4.69) is 72.9 Å². The third kappa shape index (κ3) is 4.51.